The highest BCUT2D eigenvalue weighted by molar-refractivity contribution is 5.91. The van der Waals surface area contributed by atoms with Crippen LogP contribution in [0, 0.1) is 23.1 Å². The van der Waals surface area contributed by atoms with Crippen LogP contribution in [0.3, 0.4) is 0 Å². The highest BCUT2D eigenvalue weighted by Gasteiger charge is 2.37. The lowest BCUT2D eigenvalue weighted by molar-refractivity contribution is 0.101. The molecule has 0 N–H and O–H groups in total. The lowest BCUT2D eigenvalue weighted by Crippen LogP contribution is -2.29. The predicted molar refractivity (Wildman–Crippen MR) is 114 cm³/mol. The number of rotatable bonds is 5. The van der Waals surface area contributed by atoms with E-state index in [2.05, 4.69) is 6.92 Å². The summed E-state index contributed by atoms with van der Waals surface area (Å²) < 4.78 is 44.1. The van der Waals surface area contributed by atoms with E-state index >= 15 is 4.39 Å². The van der Waals surface area contributed by atoms with Crippen molar-refractivity contribution in [2.75, 3.05) is 0 Å². The minimum absolute atomic E-state index is 0.00470. The van der Waals surface area contributed by atoms with Gasteiger partial charge in [0, 0.05) is 12.3 Å². The first-order valence-corrected chi connectivity index (χ1v) is 10.6. The second-order valence-corrected chi connectivity index (χ2v) is 8.16. The Bertz CT molecular complexity index is 1120. The Labute approximate surface area is 175 Å². The molecule has 0 amide bonds. The van der Waals surface area contributed by atoms with E-state index in [1.54, 1.807) is 12.1 Å². The minimum Gasteiger partial charge on any atom is -0.247 e. The molecule has 3 aromatic rings. The number of hydrogen-bond donors (Lipinski definition) is 0. The van der Waals surface area contributed by atoms with Crippen molar-refractivity contribution in [1.82, 2.24) is 0 Å². The summed E-state index contributed by atoms with van der Waals surface area (Å²) in [5, 5.41) is 10.6. The van der Waals surface area contributed by atoms with Gasteiger partial charge < -0.3 is 0 Å². The number of halogens is 3. The van der Waals surface area contributed by atoms with Gasteiger partial charge in [0.25, 0.3) is 0 Å². The summed E-state index contributed by atoms with van der Waals surface area (Å²) in [5.41, 5.74) is 2.82. The number of benzene rings is 3. The molecule has 154 valence electrons. The Hall–Kier alpha value is -2.80. The van der Waals surface area contributed by atoms with Crippen molar-refractivity contribution in [2.24, 2.45) is 5.92 Å². The Morgan fingerprint density at radius 2 is 1.77 bits per heavy atom. The molecule has 1 aliphatic carbocycles. The van der Waals surface area contributed by atoms with Crippen LogP contribution in [0.15, 0.2) is 48.5 Å². The Balaban J connectivity index is 1.69. The van der Waals surface area contributed by atoms with Crippen LogP contribution in [0.5, 0.6) is 0 Å². The van der Waals surface area contributed by atoms with Crippen LogP contribution in [-0.4, -0.2) is 6.17 Å². The number of fused-ring (bicyclic) bond motifs is 3. The maximum Gasteiger partial charge on any atom is 0.141 e. The number of hydrogen-bond acceptors (Lipinski definition) is 1. The first-order valence-electron chi connectivity index (χ1n) is 10.6. The lowest BCUT2D eigenvalue weighted by Gasteiger charge is -2.32. The van der Waals surface area contributed by atoms with Gasteiger partial charge in [-0.1, -0.05) is 56.5 Å². The molecule has 0 aliphatic heterocycles. The van der Waals surface area contributed by atoms with E-state index < -0.39 is 24.1 Å². The van der Waals surface area contributed by atoms with Crippen molar-refractivity contribution >= 4 is 10.8 Å². The van der Waals surface area contributed by atoms with E-state index in [1.165, 1.54) is 12.1 Å². The zero-order valence-electron chi connectivity index (χ0n) is 17.0. The molecule has 1 nitrogen and oxygen atoms in total. The Kier molecular flexibility index (Phi) is 5.81. The molecule has 4 rings (SSSR count). The van der Waals surface area contributed by atoms with E-state index in [0.29, 0.717) is 17.5 Å². The van der Waals surface area contributed by atoms with Gasteiger partial charge in [0.2, 0.25) is 0 Å². The normalized spacial score (nSPS) is 20.7. The maximum atomic E-state index is 15.2. The molecular formula is C26H24F3N. The third kappa shape index (κ3) is 3.69. The summed E-state index contributed by atoms with van der Waals surface area (Å²) in [7, 11) is 0. The molecule has 0 bridgehead atoms. The summed E-state index contributed by atoms with van der Waals surface area (Å²) in [4.78, 5) is 0. The molecule has 0 saturated carbocycles. The van der Waals surface area contributed by atoms with Crippen molar-refractivity contribution in [1.29, 1.82) is 5.26 Å². The van der Waals surface area contributed by atoms with Gasteiger partial charge >= 0.3 is 0 Å². The third-order valence-corrected chi connectivity index (χ3v) is 6.27. The van der Waals surface area contributed by atoms with Gasteiger partial charge in [-0.15, -0.1) is 0 Å². The minimum atomic E-state index is -1.28. The van der Waals surface area contributed by atoms with Gasteiger partial charge in [0.15, 0.2) is 0 Å². The summed E-state index contributed by atoms with van der Waals surface area (Å²) in [6.07, 6.45) is 1.24. The zero-order valence-corrected chi connectivity index (χ0v) is 17.0. The van der Waals surface area contributed by atoms with Gasteiger partial charge in [-0.2, -0.15) is 5.26 Å². The van der Waals surface area contributed by atoms with E-state index in [1.807, 2.05) is 30.3 Å². The van der Waals surface area contributed by atoms with Gasteiger partial charge in [0.05, 0.1) is 5.56 Å². The monoisotopic (exact) mass is 407 g/mol. The lowest BCUT2D eigenvalue weighted by atomic mass is 9.77. The van der Waals surface area contributed by atoms with E-state index in [0.717, 1.165) is 41.2 Å². The van der Waals surface area contributed by atoms with Crippen LogP contribution in [-0.2, 0) is 6.42 Å². The Morgan fingerprint density at radius 1 is 1.00 bits per heavy atom. The fraction of sp³-hybridized carbons (Fsp3) is 0.346. The molecule has 0 fully saturated rings. The first kappa shape index (κ1) is 20.5. The van der Waals surface area contributed by atoms with Crippen LogP contribution in [0.2, 0.25) is 0 Å². The van der Waals surface area contributed by atoms with E-state index in [4.69, 9.17) is 5.26 Å². The van der Waals surface area contributed by atoms with Crippen molar-refractivity contribution in [3.05, 3.63) is 71.0 Å². The van der Waals surface area contributed by atoms with E-state index in [-0.39, 0.29) is 12.0 Å². The number of alkyl halides is 2. The van der Waals surface area contributed by atoms with Gasteiger partial charge in [0.1, 0.15) is 24.2 Å². The van der Waals surface area contributed by atoms with Gasteiger partial charge in [-0.25, -0.2) is 13.2 Å². The van der Waals surface area contributed by atoms with Crippen LogP contribution in [0.4, 0.5) is 13.2 Å². The number of unbranched alkanes of at least 4 members (excludes halogenated alkanes) is 2. The fourth-order valence-corrected chi connectivity index (χ4v) is 4.58. The highest BCUT2D eigenvalue weighted by atomic mass is 19.1. The second-order valence-electron chi connectivity index (χ2n) is 8.16. The average molecular weight is 407 g/mol. The molecule has 3 aromatic carbocycles. The molecule has 0 aromatic heterocycles. The SMILES string of the molecule is CCCCC[C@H]1C(F)c2ccc3cc(-c4ccc(C#N)c(F)c4)ccc3c2C[C@@H]1F. The van der Waals surface area contributed by atoms with Crippen LogP contribution < -0.4 is 0 Å². The smallest absolute Gasteiger partial charge is 0.141 e. The molecule has 0 heterocycles. The Morgan fingerprint density at radius 3 is 2.50 bits per heavy atom. The summed E-state index contributed by atoms with van der Waals surface area (Å²) in [6, 6.07) is 15.6. The quantitative estimate of drug-likeness (QED) is 0.399. The summed E-state index contributed by atoms with van der Waals surface area (Å²) in [5.74, 6) is -1.13. The van der Waals surface area contributed by atoms with Gasteiger partial charge in [-0.05, 0) is 57.6 Å². The highest BCUT2D eigenvalue weighted by Crippen LogP contribution is 2.44. The van der Waals surface area contributed by atoms with Crippen molar-refractivity contribution < 1.29 is 13.2 Å². The zero-order chi connectivity index (χ0) is 21.3. The molecule has 1 unspecified atom stereocenters. The maximum absolute atomic E-state index is 15.2. The van der Waals surface area contributed by atoms with Crippen LogP contribution in [0.1, 0.15) is 55.5 Å². The third-order valence-electron chi connectivity index (χ3n) is 6.27. The molecular weight excluding hydrogens is 383 g/mol. The predicted octanol–water partition coefficient (Wildman–Crippen LogP) is 7.62. The van der Waals surface area contributed by atoms with Crippen LogP contribution >= 0.6 is 0 Å². The fourth-order valence-electron chi connectivity index (χ4n) is 4.58. The molecule has 0 radical (unpaired) electrons. The van der Waals surface area contributed by atoms with Crippen molar-refractivity contribution in [3.8, 4) is 17.2 Å². The second kappa shape index (κ2) is 8.52. The molecule has 0 spiro atoms. The number of nitriles is 1. The van der Waals surface area contributed by atoms with Gasteiger partial charge in [-0.3, -0.25) is 0 Å². The molecule has 0 saturated heterocycles. The molecule has 4 heteroatoms. The number of nitrogens with zero attached hydrogens (tertiary/aromatic N) is 1. The first-order chi connectivity index (χ1) is 14.5. The van der Waals surface area contributed by atoms with Crippen molar-refractivity contribution in [3.63, 3.8) is 0 Å². The largest absolute Gasteiger partial charge is 0.247 e. The van der Waals surface area contributed by atoms with Crippen LogP contribution in [0.25, 0.3) is 21.9 Å². The molecule has 1 aliphatic rings. The topological polar surface area (TPSA) is 23.8 Å². The molecule has 30 heavy (non-hydrogen) atoms. The summed E-state index contributed by atoms with van der Waals surface area (Å²) in [6.45, 7) is 2.09. The summed E-state index contributed by atoms with van der Waals surface area (Å²) >= 11 is 0. The molecule has 3 atom stereocenters. The van der Waals surface area contributed by atoms with Crippen molar-refractivity contribution in [2.45, 2.75) is 51.4 Å². The standard InChI is InChI=1S/C26H24F3N/c1-2-3-4-5-22-25(28)14-23-20-10-8-16(12-18(20)9-11-21(23)26(22)29)17-6-7-19(15-30)24(27)13-17/h6-13,22,25-26H,2-5,14H2,1H3/t22-,25+,26?/m1/s1. The average Bonchev–Trinajstić information content (AvgIpc) is 2.75. The van der Waals surface area contributed by atoms with E-state index in [9.17, 15) is 8.78 Å².